The summed E-state index contributed by atoms with van der Waals surface area (Å²) in [5.41, 5.74) is 6.71. The third kappa shape index (κ3) is 14.9. The van der Waals surface area contributed by atoms with Gasteiger partial charge >= 0.3 is 11.9 Å². The summed E-state index contributed by atoms with van der Waals surface area (Å²) in [5, 5.41) is 48.8. The van der Waals surface area contributed by atoms with Crippen LogP contribution in [0.2, 0.25) is 0 Å². The van der Waals surface area contributed by atoms with Gasteiger partial charge in [0.15, 0.2) is 13.2 Å². The first-order valence-corrected chi connectivity index (χ1v) is 20.9. The molecule has 20 heteroatoms. The summed E-state index contributed by atoms with van der Waals surface area (Å²) >= 11 is 7.05. The molecule has 2 heterocycles. The Bertz CT molecular complexity index is 2060. The van der Waals surface area contributed by atoms with E-state index in [0.717, 1.165) is 33.4 Å². The van der Waals surface area contributed by atoms with Gasteiger partial charge in [0.25, 0.3) is 11.8 Å². The zero-order chi connectivity index (χ0) is 45.3. The van der Waals surface area contributed by atoms with Crippen molar-refractivity contribution < 1.29 is 58.6 Å². The second-order valence-corrected chi connectivity index (χ2v) is 15.6. The fourth-order valence-electron chi connectivity index (χ4n) is 5.96. The number of benzene rings is 2. The third-order valence-corrected chi connectivity index (χ3v) is 10.5. The van der Waals surface area contributed by atoms with E-state index >= 15 is 0 Å². The zero-order valence-corrected chi connectivity index (χ0v) is 37.7. The molecule has 0 spiro atoms. The second kappa shape index (κ2) is 24.3. The molecule has 4 aromatic rings. The summed E-state index contributed by atoms with van der Waals surface area (Å²) in [5.74, 6) is -2.30. The molecular formula is C42H50Br2N6O12. The summed E-state index contributed by atoms with van der Waals surface area (Å²) in [6, 6.07) is 15.2. The van der Waals surface area contributed by atoms with E-state index in [4.69, 9.17) is 29.2 Å². The van der Waals surface area contributed by atoms with E-state index in [1.807, 2.05) is 50.2 Å². The number of hydrogen-bond donors (Lipinski definition) is 8. The molecule has 334 valence electrons. The van der Waals surface area contributed by atoms with Gasteiger partial charge in [0.05, 0.1) is 34.0 Å². The molecule has 0 fully saturated rings. The lowest BCUT2D eigenvalue weighted by atomic mass is 9.92. The number of carbonyl (C=O) groups excluding carboxylic acids is 2. The normalized spacial score (nSPS) is 11.9. The van der Waals surface area contributed by atoms with Crippen LogP contribution in [0.4, 0.5) is 0 Å². The highest BCUT2D eigenvalue weighted by atomic mass is 79.9. The van der Waals surface area contributed by atoms with Crippen molar-refractivity contribution in [1.29, 1.82) is 0 Å². The molecule has 0 aliphatic rings. The molecule has 4 rings (SSSR count). The van der Waals surface area contributed by atoms with Crippen LogP contribution in [0.5, 0.6) is 23.5 Å². The van der Waals surface area contributed by atoms with Crippen molar-refractivity contribution in [2.24, 2.45) is 0 Å². The number of aliphatic carboxylic acids is 2. The molecule has 0 saturated carbocycles. The first kappa shape index (κ1) is 49.3. The molecule has 2 aromatic carbocycles. The number of aromatic nitrogens is 2. The molecule has 2 atom stereocenters. The Labute approximate surface area is 375 Å². The van der Waals surface area contributed by atoms with Crippen LogP contribution in [0.15, 0.2) is 57.5 Å². The van der Waals surface area contributed by atoms with Gasteiger partial charge in [0, 0.05) is 51.4 Å². The van der Waals surface area contributed by atoms with E-state index in [1.54, 1.807) is 12.1 Å². The summed E-state index contributed by atoms with van der Waals surface area (Å²) in [4.78, 5) is 54.9. The van der Waals surface area contributed by atoms with Crippen LogP contribution in [0, 0.1) is 13.8 Å². The number of carbonyl (C=O) groups is 4. The van der Waals surface area contributed by atoms with Gasteiger partial charge in [-0.25, -0.2) is 0 Å². The topological polar surface area (TPSA) is 260 Å². The minimum atomic E-state index is -1.12. The predicted molar refractivity (Wildman–Crippen MR) is 233 cm³/mol. The van der Waals surface area contributed by atoms with E-state index in [0.29, 0.717) is 20.1 Å². The number of hydrogen-bond acceptors (Lipinski definition) is 14. The van der Waals surface area contributed by atoms with Crippen LogP contribution < -0.4 is 40.2 Å². The highest BCUT2D eigenvalue weighted by Gasteiger charge is 2.19. The summed E-state index contributed by atoms with van der Waals surface area (Å²) in [6.45, 7) is 4.00. The van der Waals surface area contributed by atoms with Gasteiger partial charge in [-0.2, -0.15) is 9.97 Å². The molecular weight excluding hydrogens is 940 g/mol. The number of halogens is 2. The number of ether oxygens (including phenoxy) is 4. The third-order valence-electron chi connectivity index (χ3n) is 9.33. The number of nitrogens with one attached hydrogen (secondary N) is 4. The number of rotatable bonds is 25. The molecule has 0 radical (unpaired) electrons. The molecule has 0 saturated heterocycles. The van der Waals surface area contributed by atoms with Crippen molar-refractivity contribution >= 4 is 55.6 Å². The first-order valence-electron chi connectivity index (χ1n) is 19.3. The average Bonchev–Trinajstić information content (AvgIpc) is 3.22. The number of aliphatic hydroxyl groups excluding tert-OH is 2. The van der Waals surface area contributed by atoms with Gasteiger partial charge in [-0.15, -0.1) is 0 Å². The van der Waals surface area contributed by atoms with Crippen LogP contribution in [0.1, 0.15) is 46.2 Å². The Hall–Kier alpha value is -5.38. The van der Waals surface area contributed by atoms with Gasteiger partial charge in [0.1, 0.15) is 13.2 Å². The summed E-state index contributed by atoms with van der Waals surface area (Å²) in [6.07, 6.45) is -3.03. The minimum absolute atomic E-state index is 0.00912. The van der Waals surface area contributed by atoms with Gasteiger partial charge in [-0.3, -0.25) is 19.2 Å². The van der Waals surface area contributed by atoms with Crippen LogP contribution in [0.3, 0.4) is 0 Å². The molecule has 2 aromatic heterocycles. The maximum absolute atomic E-state index is 12.0. The van der Waals surface area contributed by atoms with Gasteiger partial charge in [-0.1, -0.05) is 36.4 Å². The highest BCUT2D eigenvalue weighted by Crippen LogP contribution is 2.35. The van der Waals surface area contributed by atoms with Crippen LogP contribution in [-0.4, -0.2) is 107 Å². The Morgan fingerprint density at radius 3 is 1.35 bits per heavy atom. The largest absolute Gasteiger partial charge is 0.481 e. The highest BCUT2D eigenvalue weighted by molar-refractivity contribution is 9.10. The fraction of sp³-hybridized carbons (Fsp3) is 0.381. The second-order valence-electron chi connectivity index (χ2n) is 13.9. The van der Waals surface area contributed by atoms with Gasteiger partial charge < -0.3 is 60.6 Å². The number of aliphatic hydroxyl groups is 2. The van der Waals surface area contributed by atoms with E-state index < -0.39 is 37.0 Å². The number of carboxylic acid groups (broad SMARTS) is 2. The van der Waals surface area contributed by atoms with E-state index in [2.05, 4.69) is 63.1 Å². The van der Waals surface area contributed by atoms with E-state index in [1.165, 1.54) is 14.1 Å². The Balaban J connectivity index is 1.51. The fourth-order valence-corrected chi connectivity index (χ4v) is 6.91. The Kier molecular flexibility index (Phi) is 19.3. The maximum Gasteiger partial charge on any atom is 0.306 e. The molecule has 62 heavy (non-hydrogen) atoms. The molecule has 2 amide bonds. The SMILES string of the molecule is CNC(=O)COc1nc(OCc2cccc(-c3cccc(COc4nc(OCC(=O)NC)c(CNCC(O)CC(=O)O)cc4Br)c3C)c2C)c(Br)cc1CNCC(O)CC(=O)O. The monoisotopic (exact) mass is 988 g/mol. The summed E-state index contributed by atoms with van der Waals surface area (Å²) in [7, 11) is 2.97. The molecule has 0 aliphatic heterocycles. The Morgan fingerprint density at radius 1 is 0.613 bits per heavy atom. The lowest BCUT2D eigenvalue weighted by Gasteiger charge is -2.18. The Morgan fingerprint density at radius 2 is 1.00 bits per heavy atom. The van der Waals surface area contributed by atoms with Crippen molar-refractivity contribution in [3.8, 4) is 34.6 Å². The molecule has 18 nitrogen and oxygen atoms in total. The lowest BCUT2D eigenvalue weighted by molar-refractivity contribution is -0.140. The number of nitrogens with zero attached hydrogens (tertiary/aromatic N) is 2. The zero-order valence-electron chi connectivity index (χ0n) is 34.5. The number of carboxylic acids is 2. The lowest BCUT2D eigenvalue weighted by Crippen LogP contribution is -2.29. The first-order chi connectivity index (χ1) is 29.6. The van der Waals surface area contributed by atoms with Crippen molar-refractivity contribution in [2.75, 3.05) is 40.4 Å². The van der Waals surface area contributed by atoms with Crippen molar-refractivity contribution in [1.82, 2.24) is 31.2 Å². The van der Waals surface area contributed by atoms with Gasteiger partial charge in [-0.05, 0) is 91.2 Å². The maximum atomic E-state index is 12.0. The van der Waals surface area contributed by atoms with Crippen molar-refractivity contribution in [3.05, 3.63) is 90.9 Å². The average molecular weight is 991 g/mol. The molecule has 2 unspecified atom stereocenters. The molecule has 8 N–H and O–H groups in total. The van der Waals surface area contributed by atoms with Gasteiger partial charge in [0.2, 0.25) is 23.5 Å². The van der Waals surface area contributed by atoms with Crippen LogP contribution in [-0.2, 0) is 45.5 Å². The molecule has 0 aliphatic carbocycles. The van der Waals surface area contributed by atoms with Crippen molar-refractivity contribution in [2.45, 2.75) is 65.2 Å². The summed E-state index contributed by atoms with van der Waals surface area (Å²) < 4.78 is 24.9. The van der Waals surface area contributed by atoms with Crippen LogP contribution >= 0.6 is 31.9 Å². The quantitative estimate of drug-likeness (QED) is 0.0472. The predicted octanol–water partition coefficient (Wildman–Crippen LogP) is 3.54. The minimum Gasteiger partial charge on any atom is -0.481 e. The number of likely N-dealkylation sites (N-methyl/N-ethyl adjacent to an activating group) is 2. The van der Waals surface area contributed by atoms with Crippen molar-refractivity contribution in [3.63, 3.8) is 0 Å². The van der Waals surface area contributed by atoms with E-state index in [9.17, 15) is 29.4 Å². The standard InChI is InChI=1S/C42H50Br2N6O12/c1-23-25(19-59-41-33(43)11-27(15-47-17-29(51)13-37(55)56)39(49-41)61-21-35(53)45-3)7-5-9-31(23)32-10-6-8-26(24(32)2)20-60-42-34(44)12-28(16-48-18-30(52)14-38(57)58)40(50-42)62-22-36(54)46-4/h5-12,29-30,47-48,51-52H,13-22H2,1-4H3,(H,45,53)(H,46,54)(H,55,56)(H,57,58). The smallest absolute Gasteiger partial charge is 0.306 e. The van der Waals surface area contributed by atoms with E-state index in [-0.39, 0.29) is 87.9 Å². The number of amides is 2. The van der Waals surface area contributed by atoms with Crippen LogP contribution in [0.25, 0.3) is 11.1 Å². The number of pyridine rings is 2. The molecule has 0 bridgehead atoms.